The Morgan fingerprint density at radius 3 is 2.56 bits per heavy atom. The maximum Gasteiger partial charge on any atom is 0.310 e. The zero-order valence-electron chi connectivity index (χ0n) is 11.3. The predicted octanol–water partition coefficient (Wildman–Crippen LogP) is 2.81. The summed E-state index contributed by atoms with van der Waals surface area (Å²) in [7, 11) is 1.46. The van der Waals surface area contributed by atoms with Crippen molar-refractivity contribution in [3.8, 4) is 0 Å². The minimum absolute atomic E-state index is 0.0276. The third-order valence-electron chi connectivity index (χ3n) is 3.65. The first-order valence-electron chi connectivity index (χ1n) is 6.54. The van der Waals surface area contributed by atoms with Crippen LogP contribution in [0, 0.1) is 5.92 Å². The number of anilines is 1. The summed E-state index contributed by atoms with van der Waals surface area (Å²) in [5, 5.41) is 0. The van der Waals surface area contributed by atoms with Crippen molar-refractivity contribution in [2.24, 2.45) is 5.92 Å². The van der Waals surface area contributed by atoms with Gasteiger partial charge >= 0.3 is 5.97 Å². The first kappa shape index (κ1) is 12.9. The van der Waals surface area contributed by atoms with E-state index in [-0.39, 0.29) is 11.9 Å². The van der Waals surface area contributed by atoms with E-state index in [1.165, 1.54) is 18.4 Å². The molecule has 1 aromatic carbocycles. The zero-order valence-corrected chi connectivity index (χ0v) is 11.3. The predicted molar refractivity (Wildman–Crippen MR) is 72.9 cm³/mol. The van der Waals surface area contributed by atoms with Crippen LogP contribution in [0.1, 0.15) is 31.7 Å². The van der Waals surface area contributed by atoms with Gasteiger partial charge in [0.1, 0.15) is 0 Å². The number of methoxy groups -OCH3 is 1. The highest BCUT2D eigenvalue weighted by Crippen LogP contribution is 2.26. The van der Waals surface area contributed by atoms with E-state index < -0.39 is 0 Å². The average Bonchev–Trinajstić information content (AvgIpc) is 2.87. The molecular weight excluding hydrogens is 226 g/mol. The second kappa shape index (κ2) is 5.42. The third kappa shape index (κ3) is 2.66. The van der Waals surface area contributed by atoms with E-state index >= 15 is 0 Å². The number of carbonyl (C=O) groups excluding carboxylic acids is 1. The first-order chi connectivity index (χ1) is 8.61. The smallest absolute Gasteiger partial charge is 0.310 e. The van der Waals surface area contributed by atoms with Gasteiger partial charge in [0, 0.05) is 18.8 Å². The van der Waals surface area contributed by atoms with Crippen LogP contribution in [0.3, 0.4) is 0 Å². The van der Waals surface area contributed by atoms with Gasteiger partial charge in [-0.05, 0) is 30.0 Å². The number of benzene rings is 1. The molecule has 1 saturated heterocycles. The van der Waals surface area contributed by atoms with E-state index in [0.29, 0.717) is 5.92 Å². The third-order valence-corrected chi connectivity index (χ3v) is 3.65. The van der Waals surface area contributed by atoms with Crippen LogP contribution in [0.15, 0.2) is 24.3 Å². The molecule has 1 aliphatic heterocycles. The molecule has 0 bridgehead atoms. The molecule has 0 aromatic heterocycles. The lowest BCUT2D eigenvalue weighted by Crippen LogP contribution is -2.23. The number of hydrogen-bond acceptors (Lipinski definition) is 3. The molecule has 0 spiro atoms. The summed E-state index contributed by atoms with van der Waals surface area (Å²) in [6, 6.07) is 8.64. The molecule has 1 heterocycles. The van der Waals surface area contributed by atoms with Gasteiger partial charge in [-0.2, -0.15) is 0 Å². The summed E-state index contributed by atoms with van der Waals surface area (Å²) in [6.07, 6.45) is 0.888. The Labute approximate surface area is 109 Å². The van der Waals surface area contributed by atoms with Crippen molar-refractivity contribution in [3.63, 3.8) is 0 Å². The van der Waals surface area contributed by atoms with Crippen LogP contribution in [0.5, 0.6) is 0 Å². The van der Waals surface area contributed by atoms with Gasteiger partial charge in [-0.3, -0.25) is 4.79 Å². The topological polar surface area (TPSA) is 29.5 Å². The quantitative estimate of drug-likeness (QED) is 0.769. The first-order valence-corrected chi connectivity index (χ1v) is 6.54. The van der Waals surface area contributed by atoms with Crippen LogP contribution in [0.4, 0.5) is 5.69 Å². The maximum absolute atomic E-state index is 11.5. The number of rotatable bonds is 3. The number of ether oxygens (including phenoxy) is 1. The summed E-state index contributed by atoms with van der Waals surface area (Å²) >= 11 is 0. The van der Waals surface area contributed by atoms with Crippen molar-refractivity contribution in [3.05, 3.63) is 29.8 Å². The molecule has 0 amide bonds. The van der Waals surface area contributed by atoms with Crippen molar-refractivity contribution in [1.29, 1.82) is 0 Å². The van der Waals surface area contributed by atoms with Gasteiger partial charge in [-0.1, -0.05) is 26.0 Å². The fourth-order valence-electron chi connectivity index (χ4n) is 2.42. The van der Waals surface area contributed by atoms with E-state index in [1.54, 1.807) is 0 Å². The fraction of sp³-hybridized carbons (Fsp3) is 0.533. The summed E-state index contributed by atoms with van der Waals surface area (Å²) in [6.45, 7) is 6.09. The minimum atomic E-state index is -0.0868. The zero-order chi connectivity index (χ0) is 13.1. The van der Waals surface area contributed by atoms with Crippen LogP contribution in [0.25, 0.3) is 0 Å². The van der Waals surface area contributed by atoms with E-state index in [4.69, 9.17) is 4.74 Å². The van der Waals surface area contributed by atoms with Gasteiger partial charge in [0.15, 0.2) is 0 Å². The Morgan fingerprint density at radius 2 is 2.00 bits per heavy atom. The van der Waals surface area contributed by atoms with Crippen LogP contribution in [-0.4, -0.2) is 26.2 Å². The lowest BCUT2D eigenvalue weighted by Gasteiger charge is -2.19. The SMILES string of the molecule is COC(=O)C1CCN(c2ccc(C(C)C)cc2)C1. The van der Waals surface area contributed by atoms with Gasteiger partial charge in [-0.15, -0.1) is 0 Å². The molecule has 1 aliphatic rings. The molecule has 3 nitrogen and oxygen atoms in total. The largest absolute Gasteiger partial charge is 0.469 e. The van der Waals surface area contributed by atoms with Gasteiger partial charge in [0.05, 0.1) is 13.0 Å². The molecule has 1 aromatic rings. The van der Waals surface area contributed by atoms with E-state index in [2.05, 4.69) is 43.0 Å². The Kier molecular flexibility index (Phi) is 3.90. The average molecular weight is 247 g/mol. The highest BCUT2D eigenvalue weighted by molar-refractivity contribution is 5.74. The Bertz CT molecular complexity index is 411. The minimum Gasteiger partial charge on any atom is -0.469 e. The van der Waals surface area contributed by atoms with Crippen molar-refractivity contribution < 1.29 is 9.53 Å². The van der Waals surface area contributed by atoms with E-state index in [1.807, 2.05) is 0 Å². The molecule has 0 saturated carbocycles. The molecule has 0 N–H and O–H groups in total. The highest BCUT2D eigenvalue weighted by Gasteiger charge is 2.28. The van der Waals surface area contributed by atoms with Crippen molar-refractivity contribution >= 4 is 11.7 Å². The Hall–Kier alpha value is -1.51. The summed E-state index contributed by atoms with van der Waals surface area (Å²) in [5.74, 6) is 0.497. The molecular formula is C15H21NO2. The van der Waals surface area contributed by atoms with Gasteiger partial charge < -0.3 is 9.64 Å². The van der Waals surface area contributed by atoms with Crippen molar-refractivity contribution in [2.75, 3.05) is 25.1 Å². The lowest BCUT2D eigenvalue weighted by atomic mass is 10.0. The molecule has 2 rings (SSSR count). The van der Waals surface area contributed by atoms with E-state index in [0.717, 1.165) is 19.5 Å². The van der Waals surface area contributed by atoms with Gasteiger partial charge in [-0.25, -0.2) is 0 Å². The van der Waals surface area contributed by atoms with E-state index in [9.17, 15) is 4.79 Å². The lowest BCUT2D eigenvalue weighted by molar-refractivity contribution is -0.144. The van der Waals surface area contributed by atoms with Crippen molar-refractivity contribution in [1.82, 2.24) is 0 Å². The Balaban J connectivity index is 2.03. The molecule has 0 aliphatic carbocycles. The number of hydrogen-bond donors (Lipinski definition) is 0. The van der Waals surface area contributed by atoms with Gasteiger partial charge in [0.25, 0.3) is 0 Å². The molecule has 98 valence electrons. The second-order valence-electron chi connectivity index (χ2n) is 5.20. The summed E-state index contributed by atoms with van der Waals surface area (Å²) < 4.78 is 4.80. The second-order valence-corrected chi connectivity index (χ2v) is 5.20. The molecule has 1 fully saturated rings. The molecule has 1 unspecified atom stereocenters. The normalized spacial score (nSPS) is 19.3. The van der Waals surface area contributed by atoms with Crippen LogP contribution < -0.4 is 4.90 Å². The Morgan fingerprint density at radius 1 is 1.33 bits per heavy atom. The monoisotopic (exact) mass is 247 g/mol. The molecule has 18 heavy (non-hydrogen) atoms. The molecule has 1 atom stereocenters. The standard InChI is InChI=1S/C15H21NO2/c1-11(2)12-4-6-14(7-5-12)16-9-8-13(10-16)15(17)18-3/h4-7,11,13H,8-10H2,1-3H3. The summed E-state index contributed by atoms with van der Waals surface area (Å²) in [4.78, 5) is 13.7. The maximum atomic E-state index is 11.5. The summed E-state index contributed by atoms with van der Waals surface area (Å²) in [5.41, 5.74) is 2.55. The van der Waals surface area contributed by atoms with Crippen molar-refractivity contribution in [2.45, 2.75) is 26.2 Å². The molecule has 0 radical (unpaired) electrons. The number of esters is 1. The van der Waals surface area contributed by atoms with Crippen LogP contribution >= 0.6 is 0 Å². The van der Waals surface area contributed by atoms with Crippen LogP contribution in [0.2, 0.25) is 0 Å². The van der Waals surface area contributed by atoms with Crippen LogP contribution in [-0.2, 0) is 9.53 Å². The highest BCUT2D eigenvalue weighted by atomic mass is 16.5. The number of carbonyl (C=O) groups is 1. The number of nitrogens with zero attached hydrogens (tertiary/aromatic N) is 1. The molecule has 3 heteroatoms. The van der Waals surface area contributed by atoms with Gasteiger partial charge in [0.2, 0.25) is 0 Å². The fourth-order valence-corrected chi connectivity index (χ4v) is 2.42.